The lowest BCUT2D eigenvalue weighted by molar-refractivity contribution is -0.124. The van der Waals surface area contributed by atoms with E-state index in [4.69, 9.17) is 23.2 Å². The number of benzene rings is 3. The third-order valence-electron chi connectivity index (χ3n) is 5.23. The zero-order valence-electron chi connectivity index (χ0n) is 17.1. The summed E-state index contributed by atoms with van der Waals surface area (Å²) < 4.78 is 28.2. The molecule has 4 aromatic rings. The van der Waals surface area contributed by atoms with Gasteiger partial charge in [-0.05, 0) is 54.4 Å². The smallest absolute Gasteiger partial charge is 0.243 e. The molecule has 1 aromatic heterocycles. The van der Waals surface area contributed by atoms with Crippen LogP contribution in [-0.2, 0) is 17.8 Å². The first-order chi connectivity index (χ1) is 15.3. The number of carbonyl (C=O) groups is 1. The minimum atomic E-state index is -0.617. The lowest BCUT2D eigenvalue weighted by Gasteiger charge is -2.18. The van der Waals surface area contributed by atoms with Gasteiger partial charge in [0, 0.05) is 13.0 Å². The van der Waals surface area contributed by atoms with E-state index in [1.807, 2.05) is 0 Å². The summed E-state index contributed by atoms with van der Waals surface area (Å²) in [5, 5.41) is 3.60. The molecule has 1 amide bonds. The number of fused-ring (bicyclic) bond motifs is 1. The van der Waals surface area contributed by atoms with Crippen LogP contribution in [0, 0.1) is 11.6 Å². The van der Waals surface area contributed by atoms with Gasteiger partial charge in [0.2, 0.25) is 5.91 Å². The zero-order valence-corrected chi connectivity index (χ0v) is 18.6. The largest absolute Gasteiger partial charge is 0.350 e. The highest BCUT2D eigenvalue weighted by Crippen LogP contribution is 2.31. The van der Waals surface area contributed by atoms with Crippen molar-refractivity contribution in [3.05, 3.63) is 99.3 Å². The van der Waals surface area contributed by atoms with Crippen LogP contribution in [0.25, 0.3) is 11.0 Å². The molecule has 0 aliphatic rings. The van der Waals surface area contributed by atoms with E-state index in [2.05, 4.69) is 10.3 Å². The van der Waals surface area contributed by atoms with Crippen LogP contribution in [0.5, 0.6) is 0 Å². The first kappa shape index (κ1) is 22.2. The molecule has 1 unspecified atom stereocenters. The number of nitrogens with zero attached hydrogens (tertiary/aromatic N) is 2. The number of hydrogen-bond donors (Lipinski definition) is 1. The highest BCUT2D eigenvalue weighted by Gasteiger charge is 2.22. The molecule has 1 heterocycles. The lowest BCUT2D eigenvalue weighted by Crippen LogP contribution is -2.31. The number of aromatic nitrogens is 2. The van der Waals surface area contributed by atoms with Gasteiger partial charge in [0.05, 0.1) is 21.1 Å². The molecule has 0 saturated heterocycles. The first-order valence-corrected chi connectivity index (χ1v) is 10.7. The Morgan fingerprint density at radius 3 is 2.16 bits per heavy atom. The molecule has 164 valence electrons. The number of nitrogens with one attached hydrogen (secondary N) is 1. The van der Waals surface area contributed by atoms with E-state index in [9.17, 15) is 13.6 Å². The van der Waals surface area contributed by atoms with E-state index in [-0.39, 0.29) is 24.1 Å². The Labute approximate surface area is 193 Å². The fourth-order valence-corrected chi connectivity index (χ4v) is 3.85. The maximum absolute atomic E-state index is 13.3. The molecular weight excluding hydrogens is 455 g/mol. The minimum Gasteiger partial charge on any atom is -0.350 e. The van der Waals surface area contributed by atoms with Gasteiger partial charge in [-0.25, -0.2) is 13.8 Å². The molecule has 4 nitrogen and oxygen atoms in total. The van der Waals surface area contributed by atoms with Crippen LogP contribution in [0.2, 0.25) is 10.0 Å². The fraction of sp³-hybridized carbons (Fsp3) is 0.167. The van der Waals surface area contributed by atoms with E-state index >= 15 is 0 Å². The van der Waals surface area contributed by atoms with Crippen molar-refractivity contribution in [1.82, 2.24) is 14.9 Å². The van der Waals surface area contributed by atoms with Gasteiger partial charge in [0.1, 0.15) is 23.5 Å². The third-order valence-corrected chi connectivity index (χ3v) is 5.95. The van der Waals surface area contributed by atoms with Gasteiger partial charge >= 0.3 is 0 Å². The topological polar surface area (TPSA) is 46.9 Å². The predicted molar refractivity (Wildman–Crippen MR) is 122 cm³/mol. The summed E-state index contributed by atoms with van der Waals surface area (Å²) in [5.41, 5.74) is 2.90. The molecule has 0 fully saturated rings. The Bertz CT molecular complexity index is 1270. The maximum Gasteiger partial charge on any atom is 0.243 e. The normalized spacial score (nSPS) is 12.2. The summed E-state index contributed by atoms with van der Waals surface area (Å²) in [4.78, 5) is 17.7. The van der Waals surface area contributed by atoms with E-state index in [0.29, 0.717) is 33.3 Å². The molecule has 0 bridgehead atoms. The van der Waals surface area contributed by atoms with Gasteiger partial charge in [0.25, 0.3) is 0 Å². The molecule has 0 radical (unpaired) electrons. The molecule has 4 rings (SSSR count). The highest BCUT2D eigenvalue weighted by molar-refractivity contribution is 6.42. The Morgan fingerprint density at radius 1 is 0.969 bits per heavy atom. The number of rotatable bonds is 6. The Hall–Kier alpha value is -2.96. The van der Waals surface area contributed by atoms with Gasteiger partial charge < -0.3 is 9.88 Å². The van der Waals surface area contributed by atoms with Gasteiger partial charge in [-0.1, -0.05) is 47.5 Å². The van der Waals surface area contributed by atoms with Gasteiger partial charge in [-0.15, -0.1) is 0 Å². The van der Waals surface area contributed by atoms with Crippen LogP contribution < -0.4 is 5.32 Å². The van der Waals surface area contributed by atoms with Crippen molar-refractivity contribution in [2.45, 2.75) is 25.9 Å². The third kappa shape index (κ3) is 4.76. The van der Waals surface area contributed by atoms with Crippen LogP contribution in [-0.4, -0.2) is 15.5 Å². The monoisotopic (exact) mass is 473 g/mol. The fourth-order valence-electron chi connectivity index (χ4n) is 3.54. The Balaban J connectivity index is 1.66. The quantitative estimate of drug-likeness (QED) is 0.368. The summed E-state index contributed by atoms with van der Waals surface area (Å²) in [6.07, 6.45) is 0.389. The second-order valence-electron chi connectivity index (χ2n) is 7.48. The minimum absolute atomic E-state index is 0.236. The van der Waals surface area contributed by atoms with Crippen molar-refractivity contribution >= 4 is 40.1 Å². The molecule has 1 N–H and O–H groups in total. The molecule has 0 spiro atoms. The van der Waals surface area contributed by atoms with E-state index in [0.717, 1.165) is 11.1 Å². The van der Waals surface area contributed by atoms with E-state index in [1.165, 1.54) is 24.3 Å². The molecule has 0 aliphatic heterocycles. The highest BCUT2D eigenvalue weighted by atomic mass is 35.5. The van der Waals surface area contributed by atoms with Crippen LogP contribution in [0.1, 0.15) is 29.9 Å². The summed E-state index contributed by atoms with van der Waals surface area (Å²) in [7, 11) is 0. The molecular formula is C24H19Cl2F2N3O. The van der Waals surface area contributed by atoms with E-state index in [1.54, 1.807) is 47.9 Å². The summed E-state index contributed by atoms with van der Waals surface area (Å²) in [6, 6.07) is 14.8. The van der Waals surface area contributed by atoms with E-state index < -0.39 is 6.04 Å². The predicted octanol–water partition coefficient (Wildman–Crippen LogP) is 6.09. The van der Waals surface area contributed by atoms with Crippen molar-refractivity contribution in [2.75, 3.05) is 0 Å². The number of carbonyl (C=O) groups excluding carboxylic acids is 1. The Kier molecular flexibility index (Phi) is 6.44. The number of halogens is 4. The van der Waals surface area contributed by atoms with Gasteiger partial charge in [-0.2, -0.15) is 0 Å². The molecule has 32 heavy (non-hydrogen) atoms. The van der Waals surface area contributed by atoms with Crippen molar-refractivity contribution in [2.24, 2.45) is 0 Å². The Morgan fingerprint density at radius 2 is 1.53 bits per heavy atom. The second-order valence-corrected chi connectivity index (χ2v) is 8.29. The van der Waals surface area contributed by atoms with Crippen LogP contribution in [0.4, 0.5) is 8.78 Å². The average molecular weight is 474 g/mol. The zero-order chi connectivity index (χ0) is 22.8. The van der Waals surface area contributed by atoms with Crippen LogP contribution >= 0.6 is 23.2 Å². The summed E-state index contributed by atoms with van der Waals surface area (Å²) in [5.74, 6) is -0.275. The molecule has 8 heteroatoms. The molecule has 3 aromatic carbocycles. The summed E-state index contributed by atoms with van der Waals surface area (Å²) >= 11 is 12.4. The lowest BCUT2D eigenvalue weighted by atomic mass is 10.1. The van der Waals surface area contributed by atoms with Crippen LogP contribution in [0.15, 0.2) is 60.7 Å². The van der Waals surface area contributed by atoms with Crippen molar-refractivity contribution in [1.29, 1.82) is 0 Å². The molecule has 0 saturated carbocycles. The summed E-state index contributed by atoms with van der Waals surface area (Å²) in [6.45, 7) is 2.02. The van der Waals surface area contributed by atoms with Crippen molar-refractivity contribution < 1.29 is 13.6 Å². The van der Waals surface area contributed by atoms with Gasteiger partial charge in [0.15, 0.2) is 0 Å². The van der Waals surface area contributed by atoms with Crippen molar-refractivity contribution in [3.63, 3.8) is 0 Å². The SMILES string of the molecule is CC(C(=O)NCc1ccc(F)cc1)n1c(Cc2ccc(F)cc2)nc2cc(Cl)c(Cl)cc21. The standard InChI is InChI=1S/C24H19Cl2F2N3O/c1-14(24(32)29-13-16-4-8-18(28)9-5-16)31-22-12-20(26)19(25)11-21(22)30-23(31)10-15-2-6-17(27)7-3-15/h2-9,11-12,14H,10,13H2,1H3,(H,29,32). The van der Waals surface area contributed by atoms with Crippen molar-refractivity contribution in [3.8, 4) is 0 Å². The van der Waals surface area contributed by atoms with Gasteiger partial charge in [-0.3, -0.25) is 4.79 Å². The number of hydrogen-bond acceptors (Lipinski definition) is 2. The number of imidazole rings is 1. The average Bonchev–Trinajstić information content (AvgIpc) is 3.11. The molecule has 0 aliphatic carbocycles. The first-order valence-electron chi connectivity index (χ1n) is 9.94. The second kappa shape index (κ2) is 9.27. The maximum atomic E-state index is 13.3. The molecule has 1 atom stereocenters. The number of amides is 1. The van der Waals surface area contributed by atoms with Crippen LogP contribution in [0.3, 0.4) is 0 Å².